The highest BCUT2D eigenvalue weighted by atomic mass is 35.5. The molecular weight excluding hydrogens is 280 g/mol. The summed E-state index contributed by atoms with van der Waals surface area (Å²) >= 11 is 5.77. The zero-order valence-electron chi connectivity index (χ0n) is 12.0. The van der Waals surface area contributed by atoms with E-state index in [4.69, 9.17) is 16.3 Å². The van der Waals surface area contributed by atoms with Crippen molar-refractivity contribution in [3.8, 4) is 0 Å². The molecule has 0 aliphatic rings. The second kappa shape index (κ2) is 6.70. The lowest BCUT2D eigenvalue weighted by Gasteiger charge is -2.22. The molecule has 0 spiro atoms. The highest BCUT2D eigenvalue weighted by molar-refractivity contribution is 6.20. The second-order valence-electron chi connectivity index (χ2n) is 5.48. The van der Waals surface area contributed by atoms with Gasteiger partial charge in [0.25, 0.3) is 0 Å². The Kier molecular flexibility index (Phi) is 5.51. The van der Waals surface area contributed by atoms with Crippen LogP contribution < -0.4 is 5.32 Å². The fourth-order valence-corrected chi connectivity index (χ4v) is 1.74. The molecule has 1 rings (SSSR count). The number of alkyl carbamates (subject to hydrolysis) is 1. The number of carbonyl (C=O) groups is 1. The molecule has 0 radical (unpaired) electrons. The maximum absolute atomic E-state index is 11.7. The third kappa shape index (κ3) is 5.17. The summed E-state index contributed by atoms with van der Waals surface area (Å²) in [5.74, 6) is 0. The van der Waals surface area contributed by atoms with Crippen molar-refractivity contribution in [2.45, 2.75) is 44.8 Å². The van der Waals surface area contributed by atoms with Crippen LogP contribution in [0.25, 0.3) is 0 Å². The lowest BCUT2D eigenvalue weighted by atomic mass is 10.1. The molecule has 0 saturated heterocycles. The van der Waals surface area contributed by atoms with Crippen LogP contribution in [0.2, 0.25) is 0 Å². The van der Waals surface area contributed by atoms with Gasteiger partial charge in [-0.05, 0) is 44.0 Å². The van der Waals surface area contributed by atoms with E-state index in [-0.39, 0.29) is 6.04 Å². The molecule has 0 bridgehead atoms. The fraction of sp³-hybridized carbons (Fsp3) is 0.500. The summed E-state index contributed by atoms with van der Waals surface area (Å²) in [5.41, 5.74) is -0.0581. The van der Waals surface area contributed by atoms with Gasteiger partial charge in [-0.25, -0.2) is 4.79 Å². The van der Waals surface area contributed by atoms with Gasteiger partial charge >= 0.3 is 6.09 Å². The second-order valence-corrected chi connectivity index (χ2v) is 5.89. The summed E-state index contributed by atoms with van der Waals surface area (Å²) in [6.07, 6.45) is -0.494. The van der Waals surface area contributed by atoms with Crippen molar-refractivity contribution in [2.24, 2.45) is 5.18 Å². The minimum atomic E-state index is -0.927. The Labute approximate surface area is 123 Å². The van der Waals surface area contributed by atoms with E-state index in [0.717, 1.165) is 5.56 Å². The van der Waals surface area contributed by atoms with Gasteiger partial charge in [0.15, 0.2) is 5.50 Å². The SMILES string of the molecule is CC(NC(=O)OC(C)(C)C)c1cccc(C(Cl)N=O)c1. The number of nitrogens with zero attached hydrogens (tertiary/aromatic N) is 1. The van der Waals surface area contributed by atoms with E-state index in [2.05, 4.69) is 10.5 Å². The number of carbonyl (C=O) groups excluding carboxylic acids is 1. The van der Waals surface area contributed by atoms with Crippen LogP contribution in [0.5, 0.6) is 0 Å². The summed E-state index contributed by atoms with van der Waals surface area (Å²) in [7, 11) is 0. The maximum Gasteiger partial charge on any atom is 0.408 e. The first-order chi connectivity index (χ1) is 9.23. The Morgan fingerprint density at radius 3 is 2.50 bits per heavy atom. The van der Waals surface area contributed by atoms with Crippen molar-refractivity contribution in [1.29, 1.82) is 0 Å². The van der Waals surface area contributed by atoms with Gasteiger partial charge in [-0.1, -0.05) is 35.9 Å². The van der Waals surface area contributed by atoms with Gasteiger partial charge in [0.05, 0.1) is 6.04 Å². The van der Waals surface area contributed by atoms with E-state index in [0.29, 0.717) is 5.56 Å². The number of halogens is 1. The van der Waals surface area contributed by atoms with E-state index in [1.807, 2.05) is 13.0 Å². The van der Waals surface area contributed by atoms with E-state index in [1.54, 1.807) is 39.0 Å². The molecule has 5 nitrogen and oxygen atoms in total. The number of alkyl halides is 1. The molecule has 0 aliphatic heterocycles. The molecule has 1 aromatic carbocycles. The van der Waals surface area contributed by atoms with Crippen molar-refractivity contribution in [3.05, 3.63) is 40.3 Å². The smallest absolute Gasteiger partial charge is 0.408 e. The van der Waals surface area contributed by atoms with Crippen LogP contribution in [-0.4, -0.2) is 11.7 Å². The van der Waals surface area contributed by atoms with Gasteiger partial charge in [0.2, 0.25) is 0 Å². The molecule has 0 aliphatic carbocycles. The Balaban J connectivity index is 2.75. The molecule has 0 fully saturated rings. The van der Waals surface area contributed by atoms with E-state index < -0.39 is 17.2 Å². The van der Waals surface area contributed by atoms with Gasteiger partial charge in [-0.2, -0.15) is 0 Å². The van der Waals surface area contributed by atoms with Crippen LogP contribution >= 0.6 is 11.6 Å². The Morgan fingerprint density at radius 1 is 1.35 bits per heavy atom. The monoisotopic (exact) mass is 298 g/mol. The van der Waals surface area contributed by atoms with Crippen LogP contribution in [0.3, 0.4) is 0 Å². The number of rotatable bonds is 4. The van der Waals surface area contributed by atoms with Gasteiger partial charge in [0.1, 0.15) is 5.60 Å². The predicted octanol–water partition coefficient (Wildman–Crippen LogP) is 4.28. The summed E-state index contributed by atoms with van der Waals surface area (Å²) in [6.45, 7) is 7.21. The number of ether oxygens (including phenoxy) is 1. The molecule has 1 aromatic rings. The lowest BCUT2D eigenvalue weighted by Crippen LogP contribution is -2.34. The van der Waals surface area contributed by atoms with E-state index >= 15 is 0 Å². The van der Waals surface area contributed by atoms with Gasteiger partial charge in [0, 0.05) is 0 Å². The molecular formula is C14H19ClN2O3. The maximum atomic E-state index is 11.7. The first-order valence-electron chi connectivity index (χ1n) is 6.29. The molecule has 1 N–H and O–H groups in total. The number of amides is 1. The van der Waals surface area contributed by atoms with E-state index in [1.165, 1.54) is 0 Å². The molecule has 0 heterocycles. The average molecular weight is 299 g/mol. The highest BCUT2D eigenvalue weighted by Gasteiger charge is 2.18. The molecule has 110 valence electrons. The normalized spacial score (nSPS) is 14.2. The van der Waals surface area contributed by atoms with Crippen LogP contribution in [0, 0.1) is 4.91 Å². The van der Waals surface area contributed by atoms with Gasteiger partial charge < -0.3 is 10.1 Å². The molecule has 6 heteroatoms. The summed E-state index contributed by atoms with van der Waals surface area (Å²) in [6, 6.07) is 6.78. The largest absolute Gasteiger partial charge is 0.444 e. The molecule has 20 heavy (non-hydrogen) atoms. The number of nitroso groups, excluding NO2 is 1. The number of nitrogens with one attached hydrogen (secondary N) is 1. The minimum Gasteiger partial charge on any atom is -0.444 e. The van der Waals surface area contributed by atoms with Gasteiger partial charge in [-0.15, -0.1) is 4.91 Å². The van der Waals surface area contributed by atoms with Crippen molar-refractivity contribution in [2.75, 3.05) is 0 Å². The summed E-state index contributed by atoms with van der Waals surface area (Å²) in [5, 5.41) is 5.50. The predicted molar refractivity (Wildman–Crippen MR) is 78.6 cm³/mol. The molecule has 0 saturated carbocycles. The number of hydrogen-bond acceptors (Lipinski definition) is 4. The highest BCUT2D eigenvalue weighted by Crippen LogP contribution is 2.24. The quantitative estimate of drug-likeness (QED) is 0.512. The molecule has 1 amide bonds. The number of benzene rings is 1. The third-order valence-corrected chi connectivity index (χ3v) is 2.84. The van der Waals surface area contributed by atoms with Crippen molar-refractivity contribution >= 4 is 17.7 Å². The zero-order chi connectivity index (χ0) is 15.3. The summed E-state index contributed by atoms with van der Waals surface area (Å²) < 4.78 is 5.18. The van der Waals surface area contributed by atoms with Crippen LogP contribution in [0.15, 0.2) is 29.4 Å². The van der Waals surface area contributed by atoms with Gasteiger partial charge in [-0.3, -0.25) is 0 Å². The minimum absolute atomic E-state index is 0.264. The molecule has 0 aromatic heterocycles. The van der Waals surface area contributed by atoms with E-state index in [9.17, 15) is 9.70 Å². The summed E-state index contributed by atoms with van der Waals surface area (Å²) in [4.78, 5) is 22.1. The molecule has 2 atom stereocenters. The van der Waals surface area contributed by atoms with Crippen molar-refractivity contribution in [1.82, 2.24) is 5.32 Å². The third-order valence-electron chi connectivity index (χ3n) is 2.51. The lowest BCUT2D eigenvalue weighted by molar-refractivity contribution is 0.0508. The van der Waals surface area contributed by atoms with Crippen LogP contribution in [-0.2, 0) is 4.74 Å². The van der Waals surface area contributed by atoms with Crippen molar-refractivity contribution < 1.29 is 9.53 Å². The first-order valence-corrected chi connectivity index (χ1v) is 6.72. The topological polar surface area (TPSA) is 67.8 Å². The standard InChI is InChI=1S/C14H19ClN2O3/c1-9(16-13(18)20-14(2,3)4)10-6-5-7-11(8-10)12(15)17-19/h5-9,12H,1-4H3,(H,16,18). The first kappa shape index (κ1) is 16.4. The molecule has 2 unspecified atom stereocenters. The van der Waals surface area contributed by atoms with Crippen LogP contribution in [0.4, 0.5) is 4.79 Å². The Hall–Kier alpha value is -1.62. The Bertz CT molecular complexity index is 486. The number of hydrogen-bond donors (Lipinski definition) is 1. The zero-order valence-corrected chi connectivity index (χ0v) is 12.8. The fourth-order valence-electron chi connectivity index (χ4n) is 1.61. The average Bonchev–Trinajstić information content (AvgIpc) is 2.35. The van der Waals surface area contributed by atoms with Crippen molar-refractivity contribution in [3.63, 3.8) is 0 Å². The Morgan fingerprint density at radius 2 is 1.95 bits per heavy atom. The van der Waals surface area contributed by atoms with Crippen LogP contribution in [0.1, 0.15) is 50.4 Å².